The molecule has 0 radical (unpaired) electrons. The fraction of sp³-hybridized carbons (Fsp3) is 0.800. The second-order valence-electron chi connectivity index (χ2n) is 7.18. The summed E-state index contributed by atoms with van der Waals surface area (Å²) in [5.41, 5.74) is -0.130. The van der Waals surface area contributed by atoms with Gasteiger partial charge in [0, 0.05) is 30.5 Å². The zero-order valence-corrected chi connectivity index (χ0v) is 13.1. The van der Waals surface area contributed by atoms with Crippen LogP contribution in [0, 0.1) is 5.92 Å². The number of carbonyl (C=O) groups excluding carboxylic acids is 1. The van der Waals surface area contributed by atoms with Crippen LogP contribution in [0.15, 0.2) is 0 Å². The lowest BCUT2D eigenvalue weighted by Crippen LogP contribution is -2.38. The third-order valence-electron chi connectivity index (χ3n) is 4.11. The summed E-state index contributed by atoms with van der Waals surface area (Å²) < 4.78 is 5.42. The number of H-pyrrole nitrogens is 1. The Hall–Kier alpha value is -1.43. The van der Waals surface area contributed by atoms with Crippen LogP contribution >= 0.6 is 0 Å². The second-order valence-corrected chi connectivity index (χ2v) is 7.18. The fourth-order valence-electron chi connectivity index (χ4n) is 2.61. The lowest BCUT2D eigenvalue weighted by molar-refractivity contribution is 0.0694. The maximum Gasteiger partial charge on any atom is 0.293 e. The van der Waals surface area contributed by atoms with Crippen molar-refractivity contribution in [1.82, 2.24) is 20.1 Å². The molecule has 1 amide bonds. The summed E-state index contributed by atoms with van der Waals surface area (Å²) in [5.74, 6) is 1.46. The van der Waals surface area contributed by atoms with Gasteiger partial charge in [-0.1, -0.05) is 20.8 Å². The maximum atomic E-state index is 12.7. The van der Waals surface area contributed by atoms with E-state index in [1.807, 2.05) is 4.90 Å². The van der Waals surface area contributed by atoms with Gasteiger partial charge in [-0.2, -0.15) is 0 Å². The van der Waals surface area contributed by atoms with Crippen molar-refractivity contribution in [3.63, 3.8) is 0 Å². The summed E-state index contributed by atoms with van der Waals surface area (Å²) >= 11 is 0. The van der Waals surface area contributed by atoms with E-state index < -0.39 is 0 Å². The third kappa shape index (κ3) is 3.26. The van der Waals surface area contributed by atoms with Gasteiger partial charge in [0.05, 0.1) is 6.61 Å². The van der Waals surface area contributed by atoms with Crippen molar-refractivity contribution in [3.8, 4) is 0 Å². The van der Waals surface area contributed by atoms with Gasteiger partial charge in [-0.05, 0) is 19.3 Å². The number of hydrogen-bond donors (Lipinski definition) is 1. The highest BCUT2D eigenvalue weighted by molar-refractivity contribution is 5.90. The SMILES string of the molecule is CC(C)(C)c1nc(C(=O)N(CC2CCOC2)C2CC2)n[nH]1. The Balaban J connectivity index is 1.72. The summed E-state index contributed by atoms with van der Waals surface area (Å²) in [5, 5.41) is 7.03. The predicted octanol–water partition coefficient (Wildman–Crippen LogP) is 1.74. The average molecular weight is 292 g/mol. The number of ether oxygens (including phenoxy) is 1. The molecule has 1 saturated carbocycles. The highest BCUT2D eigenvalue weighted by Crippen LogP contribution is 2.30. The summed E-state index contributed by atoms with van der Waals surface area (Å²) in [6, 6.07) is 0.370. The van der Waals surface area contributed by atoms with Crippen LogP contribution < -0.4 is 0 Å². The monoisotopic (exact) mass is 292 g/mol. The zero-order valence-electron chi connectivity index (χ0n) is 13.1. The van der Waals surface area contributed by atoms with Crippen LogP contribution in [0.1, 0.15) is 56.5 Å². The molecule has 6 nitrogen and oxygen atoms in total. The molecular weight excluding hydrogens is 268 g/mol. The van der Waals surface area contributed by atoms with E-state index in [2.05, 4.69) is 36.0 Å². The van der Waals surface area contributed by atoms with E-state index in [1.165, 1.54) is 0 Å². The third-order valence-corrected chi connectivity index (χ3v) is 4.11. The van der Waals surface area contributed by atoms with Gasteiger partial charge in [0.15, 0.2) is 0 Å². The van der Waals surface area contributed by atoms with Gasteiger partial charge >= 0.3 is 0 Å². The molecular formula is C15H24N4O2. The van der Waals surface area contributed by atoms with Crippen molar-refractivity contribution >= 4 is 5.91 Å². The number of aromatic nitrogens is 3. The van der Waals surface area contributed by atoms with Crippen LogP contribution in [0.5, 0.6) is 0 Å². The normalized spacial score (nSPS) is 22.5. The van der Waals surface area contributed by atoms with Gasteiger partial charge in [-0.15, -0.1) is 5.10 Å². The average Bonchev–Trinajstić information content (AvgIpc) is 2.94. The smallest absolute Gasteiger partial charge is 0.293 e. The molecule has 1 unspecified atom stereocenters. The van der Waals surface area contributed by atoms with Crippen molar-refractivity contribution in [1.29, 1.82) is 0 Å². The second kappa shape index (κ2) is 5.40. The van der Waals surface area contributed by atoms with Crippen molar-refractivity contribution in [3.05, 3.63) is 11.6 Å². The Morgan fingerprint density at radius 1 is 1.38 bits per heavy atom. The highest BCUT2D eigenvalue weighted by atomic mass is 16.5. The number of amides is 1. The van der Waals surface area contributed by atoms with E-state index in [1.54, 1.807) is 0 Å². The van der Waals surface area contributed by atoms with Gasteiger partial charge in [0.2, 0.25) is 5.82 Å². The van der Waals surface area contributed by atoms with Crippen LogP contribution in [0.2, 0.25) is 0 Å². The summed E-state index contributed by atoms with van der Waals surface area (Å²) in [7, 11) is 0. The maximum absolute atomic E-state index is 12.7. The molecule has 2 heterocycles. The first kappa shape index (κ1) is 14.5. The molecule has 0 bridgehead atoms. The zero-order chi connectivity index (χ0) is 15.0. The molecule has 1 aromatic rings. The molecule has 21 heavy (non-hydrogen) atoms. The van der Waals surface area contributed by atoms with Crippen molar-refractivity contribution < 1.29 is 9.53 Å². The van der Waals surface area contributed by atoms with Crippen molar-refractivity contribution in [2.45, 2.75) is 51.5 Å². The van der Waals surface area contributed by atoms with Crippen LogP contribution in [0.25, 0.3) is 0 Å². The topological polar surface area (TPSA) is 71.1 Å². The van der Waals surface area contributed by atoms with Crippen molar-refractivity contribution in [2.75, 3.05) is 19.8 Å². The number of aromatic amines is 1. The van der Waals surface area contributed by atoms with Crippen LogP contribution in [-0.2, 0) is 10.2 Å². The van der Waals surface area contributed by atoms with Crippen molar-refractivity contribution in [2.24, 2.45) is 5.92 Å². The van der Waals surface area contributed by atoms with E-state index in [4.69, 9.17) is 4.74 Å². The Kier molecular flexibility index (Phi) is 3.73. The van der Waals surface area contributed by atoms with Crippen LogP contribution in [-0.4, -0.2) is 51.8 Å². The molecule has 0 aromatic carbocycles. The Morgan fingerprint density at radius 3 is 2.67 bits per heavy atom. The van der Waals surface area contributed by atoms with E-state index >= 15 is 0 Å². The summed E-state index contributed by atoms with van der Waals surface area (Å²) in [6.45, 7) is 8.50. The molecule has 0 spiro atoms. The predicted molar refractivity (Wildman–Crippen MR) is 78.1 cm³/mol. The minimum Gasteiger partial charge on any atom is -0.381 e. The molecule has 1 saturated heterocycles. The Morgan fingerprint density at radius 2 is 2.14 bits per heavy atom. The van der Waals surface area contributed by atoms with E-state index in [0.717, 1.165) is 44.8 Å². The molecule has 116 valence electrons. The molecule has 1 aromatic heterocycles. The van der Waals surface area contributed by atoms with Crippen LogP contribution in [0.4, 0.5) is 0 Å². The number of hydrogen-bond acceptors (Lipinski definition) is 4. The van der Waals surface area contributed by atoms with Gasteiger partial charge in [-0.3, -0.25) is 9.89 Å². The van der Waals surface area contributed by atoms with E-state index in [0.29, 0.717) is 17.8 Å². The lowest BCUT2D eigenvalue weighted by atomic mass is 9.96. The lowest BCUT2D eigenvalue weighted by Gasteiger charge is -2.23. The summed E-state index contributed by atoms with van der Waals surface area (Å²) in [6.07, 6.45) is 3.23. The number of rotatable bonds is 4. The number of nitrogens with one attached hydrogen (secondary N) is 1. The van der Waals surface area contributed by atoms with Gasteiger partial charge < -0.3 is 9.64 Å². The molecule has 1 N–H and O–H groups in total. The molecule has 2 fully saturated rings. The highest BCUT2D eigenvalue weighted by Gasteiger charge is 2.37. The minimum atomic E-state index is -0.130. The van der Waals surface area contributed by atoms with Gasteiger partial charge in [0.25, 0.3) is 5.91 Å². The molecule has 1 aliphatic heterocycles. The molecule has 6 heteroatoms. The number of nitrogens with zero attached hydrogens (tertiary/aromatic N) is 3. The van der Waals surface area contributed by atoms with Gasteiger partial charge in [0.1, 0.15) is 5.82 Å². The first-order valence-electron chi connectivity index (χ1n) is 7.77. The first-order chi connectivity index (χ1) is 9.95. The molecule has 3 rings (SSSR count). The van der Waals surface area contributed by atoms with E-state index in [9.17, 15) is 4.79 Å². The fourth-order valence-corrected chi connectivity index (χ4v) is 2.61. The Bertz CT molecular complexity index is 510. The van der Waals surface area contributed by atoms with Crippen LogP contribution in [0.3, 0.4) is 0 Å². The Labute approximate surface area is 125 Å². The molecule has 1 atom stereocenters. The summed E-state index contributed by atoms with van der Waals surface area (Å²) in [4.78, 5) is 19.0. The standard InChI is InChI=1S/C15H24N4O2/c1-15(2,3)14-16-12(17-18-14)13(20)19(11-4-5-11)8-10-6-7-21-9-10/h10-11H,4-9H2,1-3H3,(H,16,17,18). The van der Waals surface area contributed by atoms with E-state index in [-0.39, 0.29) is 11.3 Å². The number of carbonyl (C=O) groups is 1. The quantitative estimate of drug-likeness (QED) is 0.917. The minimum absolute atomic E-state index is 0.0452. The van der Waals surface area contributed by atoms with Gasteiger partial charge in [-0.25, -0.2) is 4.98 Å². The molecule has 1 aliphatic carbocycles. The largest absolute Gasteiger partial charge is 0.381 e. The molecule has 2 aliphatic rings. The first-order valence-corrected chi connectivity index (χ1v) is 7.77.